The van der Waals surface area contributed by atoms with Crippen LogP contribution in [0.15, 0.2) is 0 Å². The first-order valence-corrected chi connectivity index (χ1v) is 2.92. The molecule has 0 atom stereocenters. The molecular formula is C6H15N2. The van der Waals surface area contributed by atoms with Crippen LogP contribution in [0.25, 0.3) is 0 Å². The highest BCUT2D eigenvalue weighted by Crippen LogP contribution is 1.68. The van der Waals surface area contributed by atoms with Crippen LogP contribution >= 0.6 is 0 Å². The van der Waals surface area contributed by atoms with E-state index in [0.717, 1.165) is 19.6 Å². The maximum Gasteiger partial charge on any atom is 0.0101 e. The molecule has 0 bridgehead atoms. The number of nitrogens with zero attached hydrogens (tertiary/aromatic N) is 1. The summed E-state index contributed by atoms with van der Waals surface area (Å²) in [5, 5.41) is 3.13. The van der Waals surface area contributed by atoms with Gasteiger partial charge in [-0.15, -0.1) is 0 Å². The zero-order chi connectivity index (χ0) is 6.41. The van der Waals surface area contributed by atoms with Gasteiger partial charge in [0.05, 0.1) is 0 Å². The van der Waals surface area contributed by atoms with Gasteiger partial charge in [0.25, 0.3) is 0 Å². The summed E-state index contributed by atoms with van der Waals surface area (Å²) in [4.78, 5) is 2.14. The Hall–Kier alpha value is -0.0800. The van der Waals surface area contributed by atoms with Crippen molar-refractivity contribution < 1.29 is 0 Å². The van der Waals surface area contributed by atoms with Crippen molar-refractivity contribution in [1.29, 1.82) is 0 Å². The molecule has 0 fully saturated rings. The molecule has 2 heteroatoms. The van der Waals surface area contributed by atoms with Gasteiger partial charge in [-0.3, -0.25) is 0 Å². The van der Waals surface area contributed by atoms with Gasteiger partial charge in [0.15, 0.2) is 0 Å². The molecule has 1 N–H and O–H groups in total. The molecule has 0 rings (SSSR count). The maximum absolute atomic E-state index is 3.65. The molecule has 0 heterocycles. The molecule has 0 saturated heterocycles. The minimum atomic E-state index is 0.827. The molecule has 0 amide bonds. The number of likely N-dealkylation sites (N-methyl/N-ethyl adjacent to an activating group) is 1. The van der Waals surface area contributed by atoms with Crippen molar-refractivity contribution in [3.8, 4) is 0 Å². The van der Waals surface area contributed by atoms with E-state index >= 15 is 0 Å². The van der Waals surface area contributed by atoms with E-state index in [1.807, 2.05) is 0 Å². The van der Waals surface area contributed by atoms with Gasteiger partial charge in [-0.2, -0.15) is 0 Å². The number of hydrogen-bond acceptors (Lipinski definition) is 2. The fraction of sp³-hybridized carbons (Fsp3) is 0.833. The highest BCUT2D eigenvalue weighted by molar-refractivity contribution is 4.49. The quantitative estimate of drug-likeness (QED) is 0.518. The Morgan fingerprint density at radius 3 is 2.50 bits per heavy atom. The standard InChI is InChI=1S/C6H15N2/c1-4-7-5-6-8(2)3/h7H,1,4-6H2,2-3H3. The Balaban J connectivity index is 2.72. The van der Waals surface area contributed by atoms with E-state index < -0.39 is 0 Å². The van der Waals surface area contributed by atoms with Crippen molar-refractivity contribution in [1.82, 2.24) is 10.2 Å². The van der Waals surface area contributed by atoms with Crippen molar-refractivity contribution in [3.05, 3.63) is 6.92 Å². The second-order valence-electron chi connectivity index (χ2n) is 2.05. The SMILES string of the molecule is [CH2]CNCCN(C)C. The molecule has 49 valence electrons. The molecule has 0 aromatic heterocycles. The lowest BCUT2D eigenvalue weighted by molar-refractivity contribution is 0.404. The largest absolute Gasteiger partial charge is 0.315 e. The first kappa shape index (κ1) is 7.92. The Morgan fingerprint density at radius 1 is 1.50 bits per heavy atom. The minimum absolute atomic E-state index is 0.827. The predicted molar refractivity (Wildman–Crippen MR) is 36.8 cm³/mol. The molecule has 0 aliphatic heterocycles. The molecule has 0 unspecified atom stereocenters. The zero-order valence-corrected chi connectivity index (χ0v) is 5.78. The second kappa shape index (κ2) is 5.06. The highest BCUT2D eigenvalue weighted by Gasteiger charge is 1.84. The van der Waals surface area contributed by atoms with Crippen LogP contribution in [0.4, 0.5) is 0 Å². The van der Waals surface area contributed by atoms with E-state index in [1.54, 1.807) is 0 Å². The predicted octanol–water partition coefficient (Wildman–Crippen LogP) is -0.0283. The molecular weight excluding hydrogens is 100 g/mol. The van der Waals surface area contributed by atoms with Crippen molar-refractivity contribution in [3.63, 3.8) is 0 Å². The van der Waals surface area contributed by atoms with E-state index in [4.69, 9.17) is 0 Å². The van der Waals surface area contributed by atoms with Crippen LogP contribution in [0.1, 0.15) is 0 Å². The molecule has 0 aliphatic rings. The summed E-state index contributed by atoms with van der Waals surface area (Å²) in [7, 11) is 4.12. The van der Waals surface area contributed by atoms with Crippen molar-refractivity contribution in [2.45, 2.75) is 0 Å². The van der Waals surface area contributed by atoms with Crippen LogP contribution in [0, 0.1) is 6.92 Å². The van der Waals surface area contributed by atoms with Gasteiger partial charge in [0.2, 0.25) is 0 Å². The summed E-state index contributed by atoms with van der Waals surface area (Å²) >= 11 is 0. The lowest BCUT2D eigenvalue weighted by atomic mass is 10.5. The lowest BCUT2D eigenvalue weighted by Crippen LogP contribution is -2.26. The van der Waals surface area contributed by atoms with Crippen molar-refractivity contribution in [2.24, 2.45) is 0 Å². The normalized spacial score (nSPS) is 10.5. The number of hydrogen-bond donors (Lipinski definition) is 1. The summed E-state index contributed by atoms with van der Waals surface area (Å²) < 4.78 is 0. The monoisotopic (exact) mass is 115 g/mol. The summed E-state index contributed by atoms with van der Waals surface area (Å²) in [6.45, 7) is 6.61. The van der Waals surface area contributed by atoms with E-state index in [0.29, 0.717) is 0 Å². The van der Waals surface area contributed by atoms with Crippen LogP contribution in [0.2, 0.25) is 0 Å². The first-order chi connectivity index (χ1) is 3.77. The molecule has 0 spiro atoms. The Morgan fingerprint density at radius 2 is 2.12 bits per heavy atom. The molecule has 0 aromatic rings. The van der Waals surface area contributed by atoms with E-state index in [1.165, 1.54) is 0 Å². The van der Waals surface area contributed by atoms with Crippen LogP contribution < -0.4 is 5.32 Å². The smallest absolute Gasteiger partial charge is 0.0101 e. The van der Waals surface area contributed by atoms with Gasteiger partial charge < -0.3 is 10.2 Å². The first-order valence-electron chi connectivity index (χ1n) is 2.92. The highest BCUT2D eigenvalue weighted by atomic mass is 15.1. The minimum Gasteiger partial charge on any atom is -0.315 e. The molecule has 0 aliphatic carbocycles. The number of rotatable bonds is 4. The van der Waals surface area contributed by atoms with Gasteiger partial charge >= 0.3 is 0 Å². The van der Waals surface area contributed by atoms with Crippen LogP contribution in [0.5, 0.6) is 0 Å². The molecule has 0 saturated carbocycles. The van der Waals surface area contributed by atoms with Gasteiger partial charge in [-0.05, 0) is 27.6 Å². The summed E-state index contributed by atoms with van der Waals surface area (Å²) in [6, 6.07) is 0. The lowest BCUT2D eigenvalue weighted by Gasteiger charge is -2.08. The molecule has 0 aromatic carbocycles. The fourth-order valence-electron chi connectivity index (χ4n) is 0.428. The van der Waals surface area contributed by atoms with Gasteiger partial charge in [0.1, 0.15) is 0 Å². The van der Waals surface area contributed by atoms with Crippen LogP contribution in [0.3, 0.4) is 0 Å². The zero-order valence-electron chi connectivity index (χ0n) is 5.78. The van der Waals surface area contributed by atoms with Crippen molar-refractivity contribution in [2.75, 3.05) is 33.7 Å². The van der Waals surface area contributed by atoms with Gasteiger partial charge in [-0.1, -0.05) is 0 Å². The third-order valence-electron chi connectivity index (χ3n) is 0.913. The Labute approximate surface area is 51.9 Å². The van der Waals surface area contributed by atoms with Crippen LogP contribution in [-0.4, -0.2) is 38.6 Å². The Kier molecular flexibility index (Phi) is 5.01. The average Bonchev–Trinajstić information content (AvgIpc) is 1.66. The third kappa shape index (κ3) is 5.92. The number of nitrogens with one attached hydrogen (secondary N) is 1. The second-order valence-corrected chi connectivity index (χ2v) is 2.05. The molecule has 2 nitrogen and oxygen atoms in total. The summed E-state index contributed by atoms with van der Waals surface area (Å²) in [5.74, 6) is 0. The van der Waals surface area contributed by atoms with Crippen molar-refractivity contribution >= 4 is 0 Å². The van der Waals surface area contributed by atoms with E-state index in [2.05, 4.69) is 31.2 Å². The fourth-order valence-corrected chi connectivity index (χ4v) is 0.428. The van der Waals surface area contributed by atoms with Gasteiger partial charge in [-0.25, -0.2) is 0 Å². The average molecular weight is 115 g/mol. The summed E-state index contributed by atoms with van der Waals surface area (Å²) in [6.07, 6.45) is 0. The topological polar surface area (TPSA) is 15.3 Å². The maximum atomic E-state index is 3.65. The van der Waals surface area contributed by atoms with E-state index in [-0.39, 0.29) is 0 Å². The van der Waals surface area contributed by atoms with E-state index in [9.17, 15) is 0 Å². The van der Waals surface area contributed by atoms with Crippen LogP contribution in [-0.2, 0) is 0 Å². The third-order valence-corrected chi connectivity index (χ3v) is 0.913. The molecule has 8 heavy (non-hydrogen) atoms. The van der Waals surface area contributed by atoms with Gasteiger partial charge in [0, 0.05) is 13.1 Å². The summed E-state index contributed by atoms with van der Waals surface area (Å²) in [5.41, 5.74) is 0. The Bertz CT molecular complexity index is 43.8. The molecule has 1 radical (unpaired) electrons.